The van der Waals surface area contributed by atoms with Crippen molar-refractivity contribution < 1.29 is 28.1 Å². The Kier molecular flexibility index (Phi) is 14.9. The van der Waals surface area contributed by atoms with Gasteiger partial charge in [0.15, 0.2) is 0 Å². The molecule has 94 heavy (non-hydrogen) atoms. The molecule has 0 saturated carbocycles. The predicted octanol–water partition coefficient (Wildman–Crippen LogP) is 25.8. The van der Waals surface area contributed by atoms with Crippen molar-refractivity contribution in [1.29, 1.82) is 0 Å². The van der Waals surface area contributed by atoms with E-state index < -0.39 is 41.4 Å². The first-order valence-corrected chi connectivity index (χ1v) is 69.8. The van der Waals surface area contributed by atoms with Crippen LogP contribution in [0.15, 0.2) is 265 Å². The fourth-order valence-corrected chi connectivity index (χ4v) is 173. The Morgan fingerprint density at radius 3 is 0.702 bits per heavy atom. The van der Waals surface area contributed by atoms with E-state index in [1.54, 1.807) is 0 Å². The van der Waals surface area contributed by atoms with Gasteiger partial charge < -0.3 is 0 Å². The van der Waals surface area contributed by atoms with Crippen LogP contribution in [0, 0.1) is 0 Å². The number of hydrogen-bond acceptors (Lipinski definition) is 0. The van der Waals surface area contributed by atoms with E-state index in [-0.39, 0.29) is 14.5 Å². The SMILES string of the molecule is CC[SiH2][Zr]([Cl])([Cl])([CH2][CH2][Zr]([Cl])([Cl])([SiH2]CC)([CH]1C(C)=Cc2c(-c3cccc4ccccc34)cccc21)[CH]1C(C)=Cc2c(-c3cccc4ccccc34)cccc21)([CH]1C(C)=Cc2c(-c3cccc4ccccc34)cccc21)[CH]1C(C)=Cc2c(-c3cccc4ccccc34)cccc21. The summed E-state index contributed by atoms with van der Waals surface area (Å²) in [6.45, 7) is 11.4. The summed E-state index contributed by atoms with van der Waals surface area (Å²) in [5.74, 6) is 0. The molecule has 0 saturated heterocycles. The van der Waals surface area contributed by atoms with Gasteiger partial charge in [0.2, 0.25) is 0 Å². The van der Waals surface area contributed by atoms with Crippen molar-refractivity contribution in [2.45, 2.75) is 76.4 Å². The molecule has 0 N–H and O–H groups in total. The quantitative estimate of drug-likeness (QED) is 0.0898. The van der Waals surface area contributed by atoms with Gasteiger partial charge in [-0.15, -0.1) is 0 Å². The predicted molar refractivity (Wildman–Crippen MR) is 414 cm³/mol. The van der Waals surface area contributed by atoms with Gasteiger partial charge in [0.25, 0.3) is 0 Å². The molecule has 4 atom stereocenters. The molecule has 16 rings (SSSR count). The zero-order chi connectivity index (χ0) is 64.6. The second kappa shape index (κ2) is 22.3. The minimum absolute atomic E-state index is 0.246. The molecule has 0 spiro atoms. The molecule has 0 aromatic heterocycles. The zero-order valence-electron chi connectivity index (χ0n) is 54.5. The first-order valence-electron chi connectivity index (χ1n) is 34.1. The summed E-state index contributed by atoms with van der Waals surface area (Å²) in [5.41, 5.74) is 24.8. The number of halogens is 4. The van der Waals surface area contributed by atoms with Crippen molar-refractivity contribution in [2.24, 2.45) is 0 Å². The molecular weight excluding hydrogens is 1410 g/mol. The molecular formula is C86H78Cl4Si2Zr2. The summed E-state index contributed by atoms with van der Waals surface area (Å²) < 4.78 is 0.197. The summed E-state index contributed by atoms with van der Waals surface area (Å²) in [6.07, 6.45) is 10.0. The van der Waals surface area contributed by atoms with Gasteiger partial charge in [-0.1, -0.05) is 0 Å². The van der Waals surface area contributed by atoms with E-state index in [4.69, 9.17) is 0 Å². The standard InChI is InChI=1S/4C20H15.2C2H7Si.C2H4.4ClH.2Zr/c4*1-14-12-16-8-5-11-19(20(16)13-14)18-10-4-7-15-6-2-3-9-17(15)18;2*1-2-3;1-2;;;;;;/h4*2-13H,1H3;2*2-3H2,1H3;1-2H2;4*1H;;/q;;;;;;;;;;;2*+2/p-4. The Morgan fingerprint density at radius 1 is 0.266 bits per heavy atom. The molecule has 0 amide bonds. The topological polar surface area (TPSA) is 0 Å². The summed E-state index contributed by atoms with van der Waals surface area (Å²) in [7, 11) is 41.5. The van der Waals surface area contributed by atoms with Crippen LogP contribution in [0.4, 0.5) is 0 Å². The Bertz CT molecular complexity index is 4730. The minimum atomic E-state index is -6.66. The molecule has 4 unspecified atom stereocenters. The fraction of sp³-hybridized carbons (Fsp3) is 0.163. The summed E-state index contributed by atoms with van der Waals surface area (Å²) in [6, 6.07) is 92.4. The van der Waals surface area contributed by atoms with Crippen LogP contribution < -0.4 is 0 Å². The van der Waals surface area contributed by atoms with Gasteiger partial charge in [-0.2, -0.15) is 0 Å². The van der Waals surface area contributed by atoms with E-state index in [1.165, 1.54) is 154 Å². The van der Waals surface area contributed by atoms with Gasteiger partial charge in [0, 0.05) is 0 Å². The van der Waals surface area contributed by atoms with Gasteiger partial charge in [0.05, 0.1) is 0 Å². The van der Waals surface area contributed by atoms with Crippen LogP contribution in [0.5, 0.6) is 0 Å². The third-order valence-electron chi connectivity index (χ3n) is 23.8. The van der Waals surface area contributed by atoms with Crippen molar-refractivity contribution >= 4 is 115 Å². The van der Waals surface area contributed by atoms with Gasteiger partial charge in [0.1, 0.15) is 0 Å². The van der Waals surface area contributed by atoms with Crippen molar-refractivity contribution in [3.05, 3.63) is 309 Å². The molecule has 4 aliphatic carbocycles. The van der Waals surface area contributed by atoms with Crippen LogP contribution in [0.3, 0.4) is 0 Å². The van der Waals surface area contributed by atoms with Crippen molar-refractivity contribution in [2.75, 3.05) is 0 Å². The van der Waals surface area contributed by atoms with E-state index in [2.05, 4.69) is 309 Å². The normalized spacial score (nSPS) is 19.2. The van der Waals surface area contributed by atoms with E-state index >= 15 is 0 Å². The molecule has 0 nitrogen and oxygen atoms in total. The summed E-state index contributed by atoms with van der Waals surface area (Å²) >= 11 is -13.3. The molecule has 12 aromatic carbocycles. The fourth-order valence-electron chi connectivity index (χ4n) is 20.9. The first-order chi connectivity index (χ1) is 45.4. The summed E-state index contributed by atoms with van der Waals surface area (Å²) in [5, 5.41) is 9.83. The number of allylic oxidation sites excluding steroid dienone is 4. The second-order valence-electron chi connectivity index (χ2n) is 29.2. The Balaban J connectivity index is 0.989. The molecule has 466 valence electrons. The monoisotopic (exact) mass is 1490 g/mol. The number of benzene rings is 12. The van der Waals surface area contributed by atoms with Crippen molar-refractivity contribution in [1.82, 2.24) is 0 Å². The molecule has 0 fully saturated rings. The molecule has 0 heterocycles. The Morgan fingerprint density at radius 2 is 0.468 bits per heavy atom. The maximum absolute atomic E-state index is 10.4. The molecule has 4 aliphatic rings. The number of hydrogen-bond donors (Lipinski definition) is 0. The molecule has 0 bridgehead atoms. The van der Waals surface area contributed by atoms with Gasteiger partial charge >= 0.3 is 573 Å². The van der Waals surface area contributed by atoms with Crippen molar-refractivity contribution in [3.63, 3.8) is 0 Å². The van der Waals surface area contributed by atoms with E-state index in [9.17, 15) is 34.1 Å². The van der Waals surface area contributed by atoms with Crippen LogP contribution in [0.1, 0.15) is 101 Å². The molecule has 8 heteroatoms. The van der Waals surface area contributed by atoms with E-state index in [0.29, 0.717) is 8.26 Å². The van der Waals surface area contributed by atoms with Crippen molar-refractivity contribution in [3.8, 4) is 44.5 Å². The second-order valence-corrected chi connectivity index (χ2v) is 134. The number of fused-ring (bicyclic) bond motifs is 8. The van der Waals surface area contributed by atoms with Crippen LogP contribution in [-0.4, -0.2) is 13.3 Å². The Hall–Kier alpha value is -6.00. The Labute approximate surface area is 566 Å². The van der Waals surface area contributed by atoms with Crippen LogP contribution in [-0.2, 0) is 28.1 Å². The van der Waals surface area contributed by atoms with Gasteiger partial charge in [-0.25, -0.2) is 0 Å². The third-order valence-corrected chi connectivity index (χ3v) is 130. The maximum atomic E-state index is 10.4. The van der Waals surface area contributed by atoms with Crippen LogP contribution >= 0.6 is 34.1 Å². The van der Waals surface area contributed by atoms with Crippen LogP contribution in [0.2, 0.25) is 20.3 Å². The molecule has 0 aliphatic heterocycles. The average Bonchev–Trinajstić information content (AvgIpc) is 1.24. The third kappa shape index (κ3) is 9.12. The van der Waals surface area contributed by atoms with Gasteiger partial charge in [-0.05, 0) is 0 Å². The first kappa shape index (κ1) is 62.8. The molecule has 0 radical (unpaired) electrons. The van der Waals surface area contributed by atoms with Gasteiger partial charge in [-0.3, -0.25) is 0 Å². The molecule has 12 aromatic rings. The van der Waals surface area contributed by atoms with E-state index in [0.717, 1.165) is 12.1 Å². The van der Waals surface area contributed by atoms with E-state index in [1.807, 2.05) is 0 Å². The summed E-state index contributed by atoms with van der Waals surface area (Å²) in [4.78, 5) is 0. The van der Waals surface area contributed by atoms with Crippen LogP contribution in [0.25, 0.3) is 112 Å². The number of rotatable bonds is 15. The average molecular weight is 1490 g/mol. The zero-order valence-corrected chi connectivity index (χ0v) is 65.2.